The summed E-state index contributed by atoms with van der Waals surface area (Å²) in [7, 11) is 0. The number of fused-ring (bicyclic) bond motifs is 3. The standard InChI is InChI=1S/C21H30O7/c1-11(2)18(23)26-10-20-16(27-14(5)22)8-9-21(20,25)12(3)6-7-15-13(4)19(24)28-17(15)20/h11-12,15-17,25H,4,6-10H2,1-3,5H3. The summed E-state index contributed by atoms with van der Waals surface area (Å²) in [6.07, 6.45) is 0.604. The first-order chi connectivity index (χ1) is 13.0. The number of esters is 3. The van der Waals surface area contributed by atoms with Crippen molar-refractivity contribution in [2.45, 2.75) is 71.2 Å². The average molecular weight is 394 g/mol. The van der Waals surface area contributed by atoms with E-state index in [0.717, 1.165) is 0 Å². The van der Waals surface area contributed by atoms with Crippen LogP contribution in [0.5, 0.6) is 0 Å². The van der Waals surface area contributed by atoms with Crippen molar-refractivity contribution < 1.29 is 33.7 Å². The van der Waals surface area contributed by atoms with E-state index in [1.165, 1.54) is 6.92 Å². The fourth-order valence-electron chi connectivity index (χ4n) is 5.34. The summed E-state index contributed by atoms with van der Waals surface area (Å²) in [6, 6.07) is 0. The van der Waals surface area contributed by atoms with Crippen molar-refractivity contribution in [3.05, 3.63) is 12.2 Å². The van der Waals surface area contributed by atoms with Crippen LogP contribution in [0.2, 0.25) is 0 Å². The summed E-state index contributed by atoms with van der Waals surface area (Å²) in [4.78, 5) is 36.4. The molecule has 0 spiro atoms. The number of ether oxygens (including phenoxy) is 3. The highest BCUT2D eigenvalue weighted by molar-refractivity contribution is 5.91. The maximum Gasteiger partial charge on any atom is 0.334 e. The number of hydrogen-bond acceptors (Lipinski definition) is 7. The van der Waals surface area contributed by atoms with Gasteiger partial charge in [-0.2, -0.15) is 0 Å². The summed E-state index contributed by atoms with van der Waals surface area (Å²) < 4.78 is 16.9. The van der Waals surface area contributed by atoms with Crippen LogP contribution in [-0.4, -0.2) is 47.4 Å². The number of aliphatic hydroxyl groups is 1. The minimum absolute atomic E-state index is 0.150. The van der Waals surface area contributed by atoms with Gasteiger partial charge in [0, 0.05) is 18.4 Å². The third-order valence-electron chi connectivity index (χ3n) is 6.94. The molecule has 2 saturated carbocycles. The van der Waals surface area contributed by atoms with Crippen LogP contribution in [0.1, 0.15) is 53.4 Å². The van der Waals surface area contributed by atoms with Gasteiger partial charge in [-0.15, -0.1) is 0 Å². The minimum Gasteiger partial charge on any atom is -0.464 e. The van der Waals surface area contributed by atoms with Gasteiger partial charge in [0.25, 0.3) is 0 Å². The summed E-state index contributed by atoms with van der Waals surface area (Å²) in [5, 5.41) is 11.9. The third-order valence-corrected chi connectivity index (χ3v) is 6.94. The molecule has 3 aliphatic rings. The number of hydrogen-bond donors (Lipinski definition) is 1. The van der Waals surface area contributed by atoms with Crippen LogP contribution in [0.15, 0.2) is 12.2 Å². The summed E-state index contributed by atoms with van der Waals surface area (Å²) >= 11 is 0. The number of rotatable bonds is 4. The van der Waals surface area contributed by atoms with Crippen LogP contribution in [0.25, 0.3) is 0 Å². The molecule has 0 aromatic heterocycles. The van der Waals surface area contributed by atoms with Gasteiger partial charge in [0.15, 0.2) is 0 Å². The third kappa shape index (κ3) is 2.95. The quantitative estimate of drug-likeness (QED) is 0.443. The van der Waals surface area contributed by atoms with E-state index in [2.05, 4.69) is 6.58 Å². The van der Waals surface area contributed by atoms with Crippen LogP contribution < -0.4 is 0 Å². The van der Waals surface area contributed by atoms with E-state index < -0.39 is 41.1 Å². The zero-order valence-electron chi connectivity index (χ0n) is 17.0. The SMILES string of the molecule is C=C1C(=O)OC2C1CCC(C)C1(O)CCC(OC(C)=O)C21COC(=O)C(C)C. The molecule has 7 nitrogen and oxygen atoms in total. The Balaban J connectivity index is 2.12. The van der Waals surface area contributed by atoms with Gasteiger partial charge < -0.3 is 19.3 Å². The summed E-state index contributed by atoms with van der Waals surface area (Å²) in [5.41, 5.74) is -2.15. The molecule has 28 heavy (non-hydrogen) atoms. The van der Waals surface area contributed by atoms with Crippen molar-refractivity contribution in [3.8, 4) is 0 Å². The van der Waals surface area contributed by atoms with E-state index in [-0.39, 0.29) is 24.4 Å². The molecular weight excluding hydrogens is 364 g/mol. The average Bonchev–Trinajstić information content (AvgIpc) is 3.03. The minimum atomic E-state index is -1.30. The smallest absolute Gasteiger partial charge is 0.334 e. The van der Waals surface area contributed by atoms with Gasteiger partial charge in [-0.1, -0.05) is 27.4 Å². The Hall–Kier alpha value is -1.89. The van der Waals surface area contributed by atoms with Crippen molar-refractivity contribution in [1.29, 1.82) is 0 Å². The molecule has 6 atom stereocenters. The van der Waals surface area contributed by atoms with Gasteiger partial charge >= 0.3 is 17.9 Å². The van der Waals surface area contributed by atoms with Crippen LogP contribution in [0, 0.1) is 23.2 Å². The molecule has 0 aromatic rings. The molecular formula is C21H30O7. The van der Waals surface area contributed by atoms with Crippen molar-refractivity contribution >= 4 is 17.9 Å². The van der Waals surface area contributed by atoms with E-state index in [1.807, 2.05) is 6.92 Å². The Morgan fingerprint density at radius 1 is 1.32 bits per heavy atom. The lowest BCUT2D eigenvalue weighted by atomic mass is 9.63. The van der Waals surface area contributed by atoms with Crippen molar-refractivity contribution in [1.82, 2.24) is 0 Å². The molecule has 0 amide bonds. The lowest BCUT2D eigenvalue weighted by molar-refractivity contribution is -0.218. The van der Waals surface area contributed by atoms with Gasteiger partial charge in [0.1, 0.15) is 24.2 Å². The predicted octanol–water partition coefficient (Wildman–Crippen LogP) is 2.16. The molecule has 0 bridgehead atoms. The normalized spacial score (nSPS) is 39.8. The van der Waals surface area contributed by atoms with Crippen LogP contribution >= 0.6 is 0 Å². The van der Waals surface area contributed by atoms with Gasteiger partial charge in [-0.05, 0) is 31.6 Å². The molecule has 2 aliphatic carbocycles. The first-order valence-corrected chi connectivity index (χ1v) is 10.0. The van der Waals surface area contributed by atoms with E-state index in [9.17, 15) is 19.5 Å². The van der Waals surface area contributed by atoms with Crippen LogP contribution in [-0.2, 0) is 28.6 Å². The number of carbonyl (C=O) groups is 3. The van der Waals surface area contributed by atoms with E-state index in [4.69, 9.17) is 14.2 Å². The maximum atomic E-state index is 12.3. The zero-order valence-corrected chi connectivity index (χ0v) is 17.0. The van der Waals surface area contributed by atoms with E-state index in [0.29, 0.717) is 31.3 Å². The Bertz CT molecular complexity index is 699. The maximum absolute atomic E-state index is 12.3. The highest BCUT2D eigenvalue weighted by Crippen LogP contribution is 2.61. The molecule has 3 fully saturated rings. The predicted molar refractivity (Wildman–Crippen MR) is 98.9 cm³/mol. The first-order valence-electron chi connectivity index (χ1n) is 10.0. The Morgan fingerprint density at radius 2 is 2.00 bits per heavy atom. The molecule has 1 heterocycles. The lowest BCUT2D eigenvalue weighted by Crippen LogP contribution is -2.62. The van der Waals surface area contributed by atoms with E-state index >= 15 is 0 Å². The molecule has 0 aromatic carbocycles. The van der Waals surface area contributed by atoms with Gasteiger partial charge in [0.05, 0.1) is 11.5 Å². The van der Waals surface area contributed by atoms with Gasteiger partial charge in [-0.3, -0.25) is 9.59 Å². The molecule has 1 aliphatic heterocycles. The molecule has 1 N–H and O–H groups in total. The second-order valence-electron chi connectivity index (χ2n) is 8.80. The highest BCUT2D eigenvalue weighted by Gasteiger charge is 2.72. The second kappa shape index (κ2) is 7.17. The molecule has 1 saturated heterocycles. The first kappa shape index (κ1) is 20.8. The van der Waals surface area contributed by atoms with Crippen molar-refractivity contribution in [2.24, 2.45) is 23.2 Å². The molecule has 7 heteroatoms. The van der Waals surface area contributed by atoms with E-state index in [1.54, 1.807) is 13.8 Å². The topological polar surface area (TPSA) is 99.1 Å². The monoisotopic (exact) mass is 394 g/mol. The summed E-state index contributed by atoms with van der Waals surface area (Å²) in [6.45, 7) is 10.4. The van der Waals surface area contributed by atoms with Crippen LogP contribution in [0.4, 0.5) is 0 Å². The zero-order chi connectivity index (χ0) is 20.9. The Labute approximate surface area is 165 Å². The van der Waals surface area contributed by atoms with Gasteiger partial charge in [-0.25, -0.2) is 4.79 Å². The highest BCUT2D eigenvalue weighted by atomic mass is 16.6. The van der Waals surface area contributed by atoms with Crippen molar-refractivity contribution in [3.63, 3.8) is 0 Å². The summed E-state index contributed by atoms with van der Waals surface area (Å²) in [5.74, 6) is -2.21. The molecule has 0 radical (unpaired) electrons. The Kier molecular flexibility index (Phi) is 5.34. The van der Waals surface area contributed by atoms with Crippen molar-refractivity contribution in [2.75, 3.05) is 6.61 Å². The fourth-order valence-corrected chi connectivity index (χ4v) is 5.34. The number of carbonyl (C=O) groups excluding carboxylic acids is 3. The molecule has 6 unspecified atom stereocenters. The second-order valence-corrected chi connectivity index (χ2v) is 8.80. The fraction of sp³-hybridized carbons (Fsp3) is 0.762. The lowest BCUT2D eigenvalue weighted by Gasteiger charge is -2.49. The molecule has 156 valence electrons. The largest absolute Gasteiger partial charge is 0.464 e. The van der Waals surface area contributed by atoms with Gasteiger partial charge in [0.2, 0.25) is 0 Å². The molecule has 3 rings (SSSR count). The van der Waals surface area contributed by atoms with Crippen LogP contribution in [0.3, 0.4) is 0 Å². The Morgan fingerprint density at radius 3 is 2.61 bits per heavy atom.